The largest absolute Gasteiger partial charge is 0.477 e. The van der Waals surface area contributed by atoms with Crippen LogP contribution in [-0.2, 0) is 12.0 Å². The van der Waals surface area contributed by atoms with Gasteiger partial charge in [-0.1, -0.05) is 34.6 Å². The molecular weight excluding hydrogens is 340 g/mol. The van der Waals surface area contributed by atoms with Gasteiger partial charge in [0.2, 0.25) is 11.8 Å². The molecule has 6 heteroatoms. The Balaban J connectivity index is 1.55. The Morgan fingerprint density at radius 3 is 2.59 bits per heavy atom. The van der Waals surface area contributed by atoms with Crippen molar-refractivity contribution in [2.24, 2.45) is 11.8 Å². The third kappa shape index (κ3) is 3.13. The van der Waals surface area contributed by atoms with Gasteiger partial charge in [0, 0.05) is 23.0 Å². The van der Waals surface area contributed by atoms with E-state index in [1.54, 1.807) is 0 Å². The SMILES string of the molecule is CC1COc2c(C(C)(C)CC3COc4c(C(C)C)cnn4C3C)cnn2C1. The molecule has 4 rings (SSSR count). The molecule has 0 radical (unpaired) electrons. The molecular formula is C21H32N4O2. The summed E-state index contributed by atoms with van der Waals surface area (Å²) < 4.78 is 16.3. The third-order valence-electron chi connectivity index (χ3n) is 6.18. The monoisotopic (exact) mass is 372 g/mol. The molecule has 2 aromatic heterocycles. The first-order chi connectivity index (χ1) is 12.8. The standard InChI is InChI=1S/C21H32N4O2/c1-13(2)17-8-23-25-15(4)16(12-27-19(17)25)7-21(5,6)18-9-22-24-10-14(3)11-26-20(18)24/h8-9,13-16H,7,10-12H2,1-6H3. The van der Waals surface area contributed by atoms with E-state index in [-0.39, 0.29) is 5.41 Å². The highest BCUT2D eigenvalue weighted by atomic mass is 16.5. The number of hydrogen-bond acceptors (Lipinski definition) is 4. The maximum atomic E-state index is 6.18. The van der Waals surface area contributed by atoms with E-state index in [0.29, 0.717) is 23.8 Å². The Bertz CT molecular complexity index is 820. The summed E-state index contributed by atoms with van der Waals surface area (Å²) in [5.41, 5.74) is 2.37. The number of nitrogens with zero attached hydrogens (tertiary/aromatic N) is 4. The average molecular weight is 373 g/mol. The minimum absolute atomic E-state index is 0.0397. The fourth-order valence-electron chi connectivity index (χ4n) is 4.41. The molecule has 2 aliphatic heterocycles. The van der Waals surface area contributed by atoms with Crippen LogP contribution in [0.15, 0.2) is 12.4 Å². The van der Waals surface area contributed by atoms with Crippen LogP contribution in [0.1, 0.15) is 71.0 Å². The predicted molar refractivity (Wildman–Crippen MR) is 105 cm³/mol. The van der Waals surface area contributed by atoms with Gasteiger partial charge < -0.3 is 9.47 Å². The predicted octanol–water partition coefficient (Wildman–Crippen LogP) is 4.17. The van der Waals surface area contributed by atoms with Gasteiger partial charge in [0.1, 0.15) is 0 Å². The molecule has 0 aliphatic carbocycles. The highest BCUT2D eigenvalue weighted by Crippen LogP contribution is 2.43. The van der Waals surface area contributed by atoms with Gasteiger partial charge in [-0.25, -0.2) is 9.36 Å². The molecule has 3 unspecified atom stereocenters. The zero-order valence-corrected chi connectivity index (χ0v) is 17.4. The number of hydrogen-bond donors (Lipinski definition) is 0. The quantitative estimate of drug-likeness (QED) is 0.808. The average Bonchev–Trinajstić information content (AvgIpc) is 3.21. The van der Waals surface area contributed by atoms with Crippen LogP contribution in [0.2, 0.25) is 0 Å². The molecule has 3 atom stereocenters. The topological polar surface area (TPSA) is 54.1 Å². The van der Waals surface area contributed by atoms with E-state index < -0.39 is 0 Å². The minimum atomic E-state index is -0.0397. The molecule has 0 saturated carbocycles. The van der Waals surface area contributed by atoms with Crippen LogP contribution in [0.3, 0.4) is 0 Å². The number of aromatic nitrogens is 4. The van der Waals surface area contributed by atoms with E-state index >= 15 is 0 Å². The molecule has 6 nitrogen and oxygen atoms in total. The maximum Gasteiger partial charge on any atom is 0.215 e. The fraction of sp³-hybridized carbons (Fsp3) is 0.714. The van der Waals surface area contributed by atoms with E-state index in [1.807, 2.05) is 17.1 Å². The van der Waals surface area contributed by atoms with Crippen molar-refractivity contribution in [2.75, 3.05) is 13.2 Å². The van der Waals surface area contributed by atoms with Crippen molar-refractivity contribution in [1.82, 2.24) is 19.6 Å². The highest BCUT2D eigenvalue weighted by molar-refractivity contribution is 5.33. The van der Waals surface area contributed by atoms with E-state index in [1.165, 1.54) is 11.1 Å². The zero-order valence-electron chi connectivity index (χ0n) is 17.4. The van der Waals surface area contributed by atoms with Crippen LogP contribution in [0.5, 0.6) is 11.8 Å². The summed E-state index contributed by atoms with van der Waals surface area (Å²) in [5.74, 6) is 3.22. The Kier molecular flexibility index (Phi) is 4.47. The van der Waals surface area contributed by atoms with Crippen molar-refractivity contribution in [3.63, 3.8) is 0 Å². The van der Waals surface area contributed by atoms with Gasteiger partial charge in [-0.2, -0.15) is 10.2 Å². The van der Waals surface area contributed by atoms with Gasteiger partial charge >= 0.3 is 0 Å². The Morgan fingerprint density at radius 1 is 1.11 bits per heavy atom. The molecule has 0 N–H and O–H groups in total. The first-order valence-electron chi connectivity index (χ1n) is 10.2. The van der Waals surface area contributed by atoms with Gasteiger partial charge in [-0.15, -0.1) is 0 Å². The van der Waals surface area contributed by atoms with Crippen molar-refractivity contribution in [3.8, 4) is 11.8 Å². The van der Waals surface area contributed by atoms with Crippen LogP contribution in [0, 0.1) is 11.8 Å². The molecule has 0 saturated heterocycles. The Labute approximate surface area is 161 Å². The molecule has 0 amide bonds. The summed E-state index contributed by atoms with van der Waals surface area (Å²) in [6.07, 6.45) is 4.97. The smallest absolute Gasteiger partial charge is 0.215 e. The Morgan fingerprint density at radius 2 is 1.85 bits per heavy atom. The van der Waals surface area contributed by atoms with Crippen LogP contribution in [0.25, 0.3) is 0 Å². The van der Waals surface area contributed by atoms with E-state index in [2.05, 4.69) is 56.4 Å². The van der Waals surface area contributed by atoms with Crippen molar-refractivity contribution < 1.29 is 9.47 Å². The molecule has 0 bridgehead atoms. The zero-order chi connectivity index (χ0) is 19.3. The molecule has 148 valence electrons. The first kappa shape index (κ1) is 18.4. The minimum Gasteiger partial charge on any atom is -0.477 e. The summed E-state index contributed by atoms with van der Waals surface area (Å²) in [6.45, 7) is 15.8. The fourth-order valence-corrected chi connectivity index (χ4v) is 4.41. The lowest BCUT2D eigenvalue weighted by Gasteiger charge is -2.36. The first-order valence-corrected chi connectivity index (χ1v) is 10.2. The van der Waals surface area contributed by atoms with Crippen molar-refractivity contribution >= 4 is 0 Å². The number of fused-ring (bicyclic) bond motifs is 2. The molecule has 4 heterocycles. The maximum absolute atomic E-state index is 6.18. The normalized spacial score (nSPS) is 24.9. The second kappa shape index (κ2) is 6.57. The van der Waals surface area contributed by atoms with Crippen molar-refractivity contribution in [1.29, 1.82) is 0 Å². The molecule has 0 fully saturated rings. The molecule has 0 spiro atoms. The molecule has 0 aromatic carbocycles. The van der Waals surface area contributed by atoms with Gasteiger partial charge in [0.15, 0.2) is 0 Å². The summed E-state index contributed by atoms with van der Waals surface area (Å²) >= 11 is 0. The van der Waals surface area contributed by atoms with Crippen molar-refractivity contribution in [2.45, 2.75) is 71.9 Å². The van der Waals surface area contributed by atoms with Crippen LogP contribution in [0.4, 0.5) is 0 Å². The lowest BCUT2D eigenvalue weighted by Crippen LogP contribution is -2.35. The van der Waals surface area contributed by atoms with Crippen LogP contribution < -0.4 is 9.47 Å². The van der Waals surface area contributed by atoms with E-state index in [0.717, 1.165) is 37.9 Å². The molecule has 2 aromatic rings. The van der Waals surface area contributed by atoms with Gasteiger partial charge in [-0.3, -0.25) is 0 Å². The van der Waals surface area contributed by atoms with Gasteiger partial charge in [-0.05, 0) is 24.7 Å². The Hall–Kier alpha value is -1.98. The van der Waals surface area contributed by atoms with Gasteiger partial charge in [0.25, 0.3) is 0 Å². The van der Waals surface area contributed by atoms with Crippen molar-refractivity contribution in [3.05, 3.63) is 23.5 Å². The van der Waals surface area contributed by atoms with E-state index in [4.69, 9.17) is 9.47 Å². The lowest BCUT2D eigenvalue weighted by molar-refractivity contribution is 0.105. The lowest BCUT2D eigenvalue weighted by atomic mass is 9.76. The number of rotatable bonds is 4. The highest BCUT2D eigenvalue weighted by Gasteiger charge is 2.38. The van der Waals surface area contributed by atoms with Crippen LogP contribution in [-0.4, -0.2) is 32.8 Å². The van der Waals surface area contributed by atoms with E-state index in [9.17, 15) is 0 Å². The van der Waals surface area contributed by atoms with Gasteiger partial charge in [0.05, 0.1) is 38.2 Å². The summed E-state index contributed by atoms with van der Waals surface area (Å²) in [6, 6.07) is 0.313. The summed E-state index contributed by atoms with van der Waals surface area (Å²) in [4.78, 5) is 0. The second-order valence-corrected chi connectivity index (χ2v) is 9.37. The third-order valence-corrected chi connectivity index (χ3v) is 6.18. The van der Waals surface area contributed by atoms with Crippen LogP contribution >= 0.6 is 0 Å². The second-order valence-electron chi connectivity index (χ2n) is 9.37. The molecule has 2 aliphatic rings. The molecule has 27 heavy (non-hydrogen) atoms. The number of ether oxygens (including phenoxy) is 2. The summed E-state index contributed by atoms with van der Waals surface area (Å²) in [7, 11) is 0. The summed E-state index contributed by atoms with van der Waals surface area (Å²) in [5, 5.41) is 9.22.